The standard InChI is InChI=1S/C28H23FN2O4/c1-18-7-11-22(12-8-18)30-28(34)31-25-15-20(24-16-21(29)10-13-23(24)27(32)33)9-14-26(25)35-17-19-5-3-2-4-6-19/h2-16H,17H2,1H3,(H,32,33)(H2,30,31,34). The Morgan fingerprint density at radius 1 is 0.886 bits per heavy atom. The summed E-state index contributed by atoms with van der Waals surface area (Å²) in [4.78, 5) is 24.4. The third-order valence-corrected chi connectivity index (χ3v) is 5.30. The highest BCUT2D eigenvalue weighted by atomic mass is 19.1. The molecule has 0 fully saturated rings. The van der Waals surface area contributed by atoms with Crippen molar-refractivity contribution in [3.05, 3.63) is 114 Å². The van der Waals surface area contributed by atoms with Gasteiger partial charge in [-0.1, -0.05) is 54.1 Å². The predicted molar refractivity (Wildman–Crippen MR) is 133 cm³/mol. The van der Waals surface area contributed by atoms with Crippen LogP contribution in [0.4, 0.5) is 20.6 Å². The van der Waals surface area contributed by atoms with Crippen LogP contribution in [0.3, 0.4) is 0 Å². The average molecular weight is 471 g/mol. The van der Waals surface area contributed by atoms with Crippen LogP contribution < -0.4 is 15.4 Å². The van der Waals surface area contributed by atoms with Gasteiger partial charge >= 0.3 is 12.0 Å². The van der Waals surface area contributed by atoms with Crippen molar-refractivity contribution in [1.82, 2.24) is 0 Å². The Hall–Kier alpha value is -4.65. The fraction of sp³-hybridized carbons (Fsp3) is 0.0714. The first-order valence-electron chi connectivity index (χ1n) is 10.9. The molecule has 0 heterocycles. The van der Waals surface area contributed by atoms with Crippen LogP contribution in [0.2, 0.25) is 0 Å². The Balaban J connectivity index is 1.66. The molecule has 0 bridgehead atoms. The van der Waals surface area contributed by atoms with Gasteiger partial charge in [0.05, 0.1) is 11.3 Å². The molecule has 4 rings (SSSR count). The van der Waals surface area contributed by atoms with E-state index in [-0.39, 0.29) is 17.7 Å². The number of aryl methyl sites for hydroxylation is 1. The zero-order valence-corrected chi connectivity index (χ0v) is 18.9. The van der Waals surface area contributed by atoms with Gasteiger partial charge in [0.2, 0.25) is 0 Å². The Morgan fingerprint density at radius 2 is 1.63 bits per heavy atom. The van der Waals surface area contributed by atoms with Crippen LogP contribution in [-0.4, -0.2) is 17.1 Å². The minimum Gasteiger partial charge on any atom is -0.487 e. The van der Waals surface area contributed by atoms with Crippen molar-refractivity contribution in [3.63, 3.8) is 0 Å². The predicted octanol–water partition coefficient (Wildman–Crippen LogP) is 6.72. The van der Waals surface area contributed by atoms with Crippen molar-refractivity contribution in [2.75, 3.05) is 10.6 Å². The lowest BCUT2D eigenvalue weighted by Gasteiger charge is -2.16. The Labute approximate surface area is 202 Å². The van der Waals surface area contributed by atoms with Crippen molar-refractivity contribution >= 4 is 23.4 Å². The normalized spacial score (nSPS) is 10.5. The maximum atomic E-state index is 14.0. The van der Waals surface area contributed by atoms with E-state index in [0.717, 1.165) is 23.3 Å². The summed E-state index contributed by atoms with van der Waals surface area (Å²) < 4.78 is 19.9. The van der Waals surface area contributed by atoms with E-state index in [9.17, 15) is 19.1 Å². The Bertz CT molecular complexity index is 1360. The number of anilines is 2. The van der Waals surface area contributed by atoms with Crippen LogP contribution in [0, 0.1) is 12.7 Å². The monoisotopic (exact) mass is 470 g/mol. The number of halogens is 1. The number of carbonyl (C=O) groups is 2. The molecular formula is C28H23FN2O4. The Morgan fingerprint density at radius 3 is 2.34 bits per heavy atom. The lowest BCUT2D eigenvalue weighted by Crippen LogP contribution is -2.20. The maximum absolute atomic E-state index is 14.0. The molecular weight excluding hydrogens is 447 g/mol. The largest absolute Gasteiger partial charge is 0.487 e. The average Bonchev–Trinajstić information content (AvgIpc) is 2.85. The van der Waals surface area contributed by atoms with Gasteiger partial charge in [0, 0.05) is 5.69 Å². The molecule has 6 nitrogen and oxygen atoms in total. The van der Waals surface area contributed by atoms with Gasteiger partial charge in [0.15, 0.2) is 0 Å². The summed E-state index contributed by atoms with van der Waals surface area (Å²) in [6.45, 7) is 2.21. The first-order valence-corrected chi connectivity index (χ1v) is 10.9. The van der Waals surface area contributed by atoms with Gasteiger partial charge in [-0.2, -0.15) is 0 Å². The van der Waals surface area contributed by atoms with Crippen LogP contribution in [0.25, 0.3) is 11.1 Å². The molecule has 0 aliphatic carbocycles. The topological polar surface area (TPSA) is 87.7 Å². The van der Waals surface area contributed by atoms with Crippen LogP contribution in [-0.2, 0) is 6.61 Å². The summed E-state index contributed by atoms with van der Waals surface area (Å²) in [5.74, 6) is -1.37. The van der Waals surface area contributed by atoms with Gasteiger partial charge < -0.3 is 20.5 Å². The molecule has 0 spiro atoms. The number of benzene rings is 4. The van der Waals surface area contributed by atoms with E-state index >= 15 is 0 Å². The number of amides is 2. The molecule has 0 aliphatic heterocycles. The van der Waals surface area contributed by atoms with Crippen LogP contribution in [0.15, 0.2) is 91.0 Å². The third-order valence-electron chi connectivity index (χ3n) is 5.30. The van der Waals surface area contributed by atoms with Crippen molar-refractivity contribution in [3.8, 4) is 16.9 Å². The van der Waals surface area contributed by atoms with Crippen LogP contribution in [0.5, 0.6) is 5.75 Å². The molecule has 0 unspecified atom stereocenters. The van der Waals surface area contributed by atoms with Crippen molar-refractivity contribution in [2.24, 2.45) is 0 Å². The van der Waals surface area contributed by atoms with Gasteiger partial charge in [-0.3, -0.25) is 0 Å². The molecule has 2 amide bonds. The number of urea groups is 1. The molecule has 0 atom stereocenters. The highest BCUT2D eigenvalue weighted by molar-refractivity contribution is 6.02. The molecule has 0 aliphatic rings. The van der Waals surface area contributed by atoms with E-state index < -0.39 is 17.8 Å². The molecule has 4 aromatic carbocycles. The summed E-state index contributed by atoms with van der Waals surface area (Å²) in [6, 6.07) is 24.6. The first kappa shape index (κ1) is 23.5. The second-order valence-corrected chi connectivity index (χ2v) is 7.93. The molecule has 0 saturated carbocycles. The Kier molecular flexibility index (Phi) is 7.07. The highest BCUT2D eigenvalue weighted by Crippen LogP contribution is 2.33. The number of nitrogens with one attached hydrogen (secondary N) is 2. The zero-order chi connectivity index (χ0) is 24.8. The quantitative estimate of drug-likeness (QED) is 0.280. The number of ether oxygens (including phenoxy) is 1. The van der Waals surface area contributed by atoms with Gasteiger partial charge in [-0.15, -0.1) is 0 Å². The second kappa shape index (κ2) is 10.5. The van der Waals surface area contributed by atoms with Crippen LogP contribution >= 0.6 is 0 Å². The van der Waals surface area contributed by atoms with Crippen molar-refractivity contribution < 1.29 is 23.8 Å². The van der Waals surface area contributed by atoms with Gasteiger partial charge in [0.25, 0.3) is 0 Å². The minimum atomic E-state index is -1.18. The second-order valence-electron chi connectivity index (χ2n) is 7.93. The van der Waals surface area contributed by atoms with Crippen molar-refractivity contribution in [1.29, 1.82) is 0 Å². The smallest absolute Gasteiger partial charge is 0.336 e. The molecule has 4 aromatic rings. The van der Waals surface area contributed by atoms with E-state index in [1.807, 2.05) is 49.4 Å². The molecule has 0 aromatic heterocycles. The minimum absolute atomic E-state index is 0.0561. The van der Waals surface area contributed by atoms with Gasteiger partial charge in [-0.25, -0.2) is 14.0 Å². The third kappa shape index (κ3) is 6.03. The number of hydrogen-bond acceptors (Lipinski definition) is 3. The fourth-order valence-electron chi connectivity index (χ4n) is 3.52. The highest BCUT2D eigenvalue weighted by Gasteiger charge is 2.16. The fourth-order valence-corrected chi connectivity index (χ4v) is 3.52. The summed E-state index contributed by atoms with van der Waals surface area (Å²) in [5.41, 5.74) is 3.46. The number of carboxylic acids is 1. The molecule has 3 N–H and O–H groups in total. The van der Waals surface area contributed by atoms with Crippen molar-refractivity contribution in [2.45, 2.75) is 13.5 Å². The summed E-state index contributed by atoms with van der Waals surface area (Å²) >= 11 is 0. The van der Waals surface area contributed by atoms with E-state index in [4.69, 9.17) is 4.74 Å². The van der Waals surface area contributed by atoms with E-state index in [1.54, 1.807) is 30.3 Å². The number of carbonyl (C=O) groups excluding carboxylic acids is 1. The molecule has 176 valence electrons. The maximum Gasteiger partial charge on any atom is 0.336 e. The number of hydrogen-bond donors (Lipinski definition) is 3. The van der Waals surface area contributed by atoms with E-state index in [0.29, 0.717) is 22.7 Å². The SMILES string of the molecule is Cc1ccc(NC(=O)Nc2cc(-c3cc(F)ccc3C(=O)O)ccc2OCc2ccccc2)cc1. The molecule has 0 radical (unpaired) electrons. The number of carboxylic acid groups (broad SMARTS) is 1. The lowest BCUT2D eigenvalue weighted by atomic mass is 9.98. The van der Waals surface area contributed by atoms with Crippen LogP contribution in [0.1, 0.15) is 21.5 Å². The zero-order valence-electron chi connectivity index (χ0n) is 18.9. The van der Waals surface area contributed by atoms with E-state index in [1.165, 1.54) is 6.07 Å². The number of aromatic carboxylic acids is 1. The van der Waals surface area contributed by atoms with Gasteiger partial charge in [-0.05, 0) is 66.1 Å². The summed E-state index contributed by atoms with van der Waals surface area (Å²) in [5, 5.41) is 15.1. The first-order chi connectivity index (χ1) is 16.9. The summed E-state index contributed by atoms with van der Waals surface area (Å²) in [7, 11) is 0. The molecule has 7 heteroatoms. The number of rotatable bonds is 7. The van der Waals surface area contributed by atoms with Gasteiger partial charge in [0.1, 0.15) is 18.2 Å². The summed E-state index contributed by atoms with van der Waals surface area (Å²) in [6.07, 6.45) is 0. The molecule has 0 saturated heterocycles. The van der Waals surface area contributed by atoms with E-state index in [2.05, 4.69) is 10.6 Å². The molecule has 35 heavy (non-hydrogen) atoms. The lowest BCUT2D eigenvalue weighted by molar-refractivity contribution is 0.0697.